The summed E-state index contributed by atoms with van der Waals surface area (Å²) in [5.74, 6) is -0.521. The Hall–Kier alpha value is -1.62. The summed E-state index contributed by atoms with van der Waals surface area (Å²) in [5, 5.41) is 8.44. The fourth-order valence-electron chi connectivity index (χ4n) is 1.12. The van der Waals surface area contributed by atoms with Gasteiger partial charge in [-0.25, -0.2) is 4.79 Å². The van der Waals surface area contributed by atoms with Gasteiger partial charge in [-0.1, -0.05) is 0 Å². The molecule has 1 N–H and O–H groups in total. The van der Waals surface area contributed by atoms with Crippen LogP contribution in [0.1, 0.15) is 11.4 Å². The second kappa shape index (κ2) is 5.31. The van der Waals surface area contributed by atoms with Gasteiger partial charge in [0.2, 0.25) is 0 Å². The van der Waals surface area contributed by atoms with Crippen LogP contribution in [0.25, 0.3) is 0 Å². The van der Waals surface area contributed by atoms with Crippen molar-refractivity contribution in [3.8, 4) is 5.75 Å². The first-order valence-electron chi connectivity index (χ1n) is 4.43. The Bertz CT molecular complexity index is 351. The number of aryl methyl sites for hydroxylation is 1. The van der Waals surface area contributed by atoms with E-state index in [1.54, 1.807) is 26.2 Å². The highest BCUT2D eigenvalue weighted by molar-refractivity contribution is 5.68. The molecule has 0 aliphatic carbocycles. The predicted octanol–water partition coefficient (Wildman–Crippen LogP) is 1.000. The molecule has 0 bridgehead atoms. The fourth-order valence-corrected chi connectivity index (χ4v) is 1.12. The summed E-state index contributed by atoms with van der Waals surface area (Å²) in [6.07, 6.45) is 0. The normalized spacial score (nSPS) is 10.0. The maximum absolute atomic E-state index is 10.3. The molecule has 0 saturated carbocycles. The summed E-state index contributed by atoms with van der Waals surface area (Å²) in [6.45, 7) is 1.84. The number of pyridine rings is 1. The molecule has 0 spiro atoms. The summed E-state index contributed by atoms with van der Waals surface area (Å²) in [4.78, 5) is 14.5. The standard InChI is InChI=1S/C10H13NO4/c1-7-9(15-6-10(12)13)4-3-8(11-7)5-14-2/h3-4H,5-6H2,1-2H3,(H,12,13). The molecule has 1 rings (SSSR count). The first kappa shape index (κ1) is 11.5. The number of aromatic nitrogens is 1. The lowest BCUT2D eigenvalue weighted by atomic mass is 10.3. The van der Waals surface area contributed by atoms with E-state index < -0.39 is 5.97 Å². The molecule has 82 valence electrons. The summed E-state index contributed by atoms with van der Waals surface area (Å²) < 4.78 is 9.95. The van der Waals surface area contributed by atoms with Crippen molar-refractivity contribution in [2.24, 2.45) is 0 Å². The zero-order valence-corrected chi connectivity index (χ0v) is 8.69. The number of hydrogen-bond donors (Lipinski definition) is 1. The van der Waals surface area contributed by atoms with Gasteiger partial charge in [0.1, 0.15) is 5.75 Å². The molecule has 5 heteroatoms. The SMILES string of the molecule is COCc1ccc(OCC(=O)O)c(C)n1. The quantitative estimate of drug-likeness (QED) is 0.786. The maximum Gasteiger partial charge on any atom is 0.341 e. The Morgan fingerprint density at radius 2 is 2.27 bits per heavy atom. The van der Waals surface area contributed by atoms with Crippen molar-refractivity contribution in [1.82, 2.24) is 4.98 Å². The van der Waals surface area contributed by atoms with Gasteiger partial charge in [-0.3, -0.25) is 4.98 Å². The van der Waals surface area contributed by atoms with E-state index >= 15 is 0 Å². The highest BCUT2D eigenvalue weighted by atomic mass is 16.5. The molecule has 0 amide bonds. The third kappa shape index (κ3) is 3.55. The van der Waals surface area contributed by atoms with E-state index in [4.69, 9.17) is 14.6 Å². The Labute approximate surface area is 87.7 Å². The van der Waals surface area contributed by atoms with Crippen LogP contribution in [0, 0.1) is 6.92 Å². The molecule has 0 radical (unpaired) electrons. The average molecular weight is 211 g/mol. The molecule has 0 aliphatic rings. The van der Waals surface area contributed by atoms with Crippen molar-refractivity contribution < 1.29 is 19.4 Å². The summed E-state index contributed by atoms with van der Waals surface area (Å²) in [7, 11) is 1.59. The minimum Gasteiger partial charge on any atom is -0.480 e. The van der Waals surface area contributed by atoms with Gasteiger partial charge in [-0.2, -0.15) is 0 Å². The van der Waals surface area contributed by atoms with Crippen LogP contribution >= 0.6 is 0 Å². The minimum absolute atomic E-state index is 0.355. The smallest absolute Gasteiger partial charge is 0.341 e. The summed E-state index contributed by atoms with van der Waals surface area (Å²) in [6, 6.07) is 3.44. The Morgan fingerprint density at radius 1 is 1.53 bits per heavy atom. The van der Waals surface area contributed by atoms with Crippen molar-refractivity contribution in [1.29, 1.82) is 0 Å². The zero-order chi connectivity index (χ0) is 11.3. The van der Waals surface area contributed by atoms with E-state index in [9.17, 15) is 4.79 Å². The number of nitrogens with zero attached hydrogens (tertiary/aromatic N) is 1. The number of rotatable bonds is 5. The lowest BCUT2D eigenvalue weighted by molar-refractivity contribution is -0.139. The summed E-state index contributed by atoms with van der Waals surface area (Å²) >= 11 is 0. The van der Waals surface area contributed by atoms with Crippen LogP contribution in [0.3, 0.4) is 0 Å². The molecule has 1 aromatic rings. The number of carbonyl (C=O) groups is 1. The second-order valence-electron chi connectivity index (χ2n) is 3.00. The molecular formula is C10H13NO4. The Morgan fingerprint density at radius 3 is 2.80 bits per heavy atom. The maximum atomic E-state index is 10.3. The molecule has 0 aromatic carbocycles. The molecule has 0 atom stereocenters. The lowest BCUT2D eigenvalue weighted by Crippen LogP contribution is -2.10. The van der Waals surface area contributed by atoms with Gasteiger partial charge in [0.05, 0.1) is 18.0 Å². The van der Waals surface area contributed by atoms with Crippen LogP contribution < -0.4 is 4.74 Å². The molecule has 15 heavy (non-hydrogen) atoms. The van der Waals surface area contributed by atoms with E-state index in [-0.39, 0.29) is 6.61 Å². The van der Waals surface area contributed by atoms with E-state index in [0.29, 0.717) is 18.1 Å². The van der Waals surface area contributed by atoms with Crippen LogP contribution in [0.5, 0.6) is 5.75 Å². The highest BCUT2D eigenvalue weighted by Crippen LogP contribution is 2.15. The number of methoxy groups -OCH3 is 1. The molecule has 0 unspecified atom stereocenters. The minimum atomic E-state index is -1.00. The molecular weight excluding hydrogens is 198 g/mol. The number of carboxylic acids is 1. The number of aliphatic carboxylic acids is 1. The first-order valence-corrected chi connectivity index (χ1v) is 4.43. The Balaban J connectivity index is 2.70. The number of carboxylic acid groups (broad SMARTS) is 1. The van der Waals surface area contributed by atoms with Gasteiger partial charge in [0.25, 0.3) is 0 Å². The second-order valence-corrected chi connectivity index (χ2v) is 3.00. The van der Waals surface area contributed by atoms with Gasteiger partial charge in [0.15, 0.2) is 6.61 Å². The van der Waals surface area contributed by atoms with Crippen LogP contribution in [-0.4, -0.2) is 29.8 Å². The topological polar surface area (TPSA) is 68.7 Å². The van der Waals surface area contributed by atoms with E-state index in [1.165, 1.54) is 0 Å². The molecule has 1 heterocycles. The van der Waals surface area contributed by atoms with Crippen LogP contribution in [0.15, 0.2) is 12.1 Å². The van der Waals surface area contributed by atoms with E-state index in [1.807, 2.05) is 0 Å². The van der Waals surface area contributed by atoms with Crippen LogP contribution in [-0.2, 0) is 16.1 Å². The predicted molar refractivity (Wildman–Crippen MR) is 52.8 cm³/mol. The molecule has 0 fully saturated rings. The number of hydrogen-bond acceptors (Lipinski definition) is 4. The van der Waals surface area contributed by atoms with Gasteiger partial charge in [-0.15, -0.1) is 0 Å². The van der Waals surface area contributed by atoms with Crippen molar-refractivity contribution in [3.05, 3.63) is 23.5 Å². The number of ether oxygens (including phenoxy) is 2. The molecule has 0 aliphatic heterocycles. The zero-order valence-electron chi connectivity index (χ0n) is 8.69. The van der Waals surface area contributed by atoms with Gasteiger partial charge in [0, 0.05) is 7.11 Å². The third-order valence-corrected chi connectivity index (χ3v) is 1.74. The van der Waals surface area contributed by atoms with Crippen molar-refractivity contribution in [2.45, 2.75) is 13.5 Å². The van der Waals surface area contributed by atoms with Crippen molar-refractivity contribution >= 4 is 5.97 Å². The monoisotopic (exact) mass is 211 g/mol. The molecule has 0 saturated heterocycles. The van der Waals surface area contributed by atoms with Gasteiger partial charge < -0.3 is 14.6 Å². The van der Waals surface area contributed by atoms with Gasteiger partial charge in [-0.05, 0) is 19.1 Å². The lowest BCUT2D eigenvalue weighted by Gasteiger charge is -2.07. The third-order valence-electron chi connectivity index (χ3n) is 1.74. The van der Waals surface area contributed by atoms with Crippen molar-refractivity contribution in [3.63, 3.8) is 0 Å². The highest BCUT2D eigenvalue weighted by Gasteiger charge is 2.04. The fraction of sp³-hybridized carbons (Fsp3) is 0.400. The largest absolute Gasteiger partial charge is 0.480 e. The van der Waals surface area contributed by atoms with Crippen molar-refractivity contribution in [2.75, 3.05) is 13.7 Å². The average Bonchev–Trinajstić information content (AvgIpc) is 2.17. The molecule has 5 nitrogen and oxygen atoms in total. The first-order chi connectivity index (χ1) is 7.13. The van der Waals surface area contributed by atoms with Gasteiger partial charge >= 0.3 is 5.97 Å². The Kier molecular flexibility index (Phi) is 4.05. The van der Waals surface area contributed by atoms with Crippen LogP contribution in [0.4, 0.5) is 0 Å². The van der Waals surface area contributed by atoms with E-state index in [2.05, 4.69) is 4.98 Å². The molecule has 1 aromatic heterocycles. The van der Waals surface area contributed by atoms with Crippen LogP contribution in [0.2, 0.25) is 0 Å². The summed E-state index contributed by atoms with van der Waals surface area (Å²) in [5.41, 5.74) is 1.45. The van der Waals surface area contributed by atoms with E-state index in [0.717, 1.165) is 5.69 Å².